The van der Waals surface area contributed by atoms with E-state index in [0.717, 1.165) is 28.3 Å². The van der Waals surface area contributed by atoms with Crippen LogP contribution < -0.4 is 9.62 Å². The van der Waals surface area contributed by atoms with Crippen LogP contribution in [-0.4, -0.2) is 43.8 Å². The molecule has 2 atom stereocenters. The molecular formula is C31H38ClN3O4S. The molecule has 2 unspecified atom stereocenters. The minimum Gasteiger partial charge on any atom is -0.352 e. The molecule has 9 heteroatoms. The van der Waals surface area contributed by atoms with Gasteiger partial charge in [0.1, 0.15) is 12.6 Å². The summed E-state index contributed by atoms with van der Waals surface area (Å²) in [6.45, 7) is 7.38. The summed E-state index contributed by atoms with van der Waals surface area (Å²) in [4.78, 5) is 28.9. The number of benzene rings is 3. The molecule has 0 spiro atoms. The summed E-state index contributed by atoms with van der Waals surface area (Å²) in [6.07, 6.45) is 1.89. The van der Waals surface area contributed by atoms with Crippen molar-refractivity contribution in [3.63, 3.8) is 0 Å². The predicted octanol–water partition coefficient (Wildman–Crippen LogP) is 5.82. The van der Waals surface area contributed by atoms with Gasteiger partial charge in [0.2, 0.25) is 11.8 Å². The van der Waals surface area contributed by atoms with E-state index in [0.29, 0.717) is 17.1 Å². The zero-order valence-electron chi connectivity index (χ0n) is 23.5. The van der Waals surface area contributed by atoms with Crippen molar-refractivity contribution in [3.05, 3.63) is 95.0 Å². The summed E-state index contributed by atoms with van der Waals surface area (Å²) in [5.41, 5.74) is 2.19. The van der Waals surface area contributed by atoms with Crippen LogP contribution in [0.2, 0.25) is 5.02 Å². The highest BCUT2D eigenvalue weighted by molar-refractivity contribution is 7.92. The zero-order valence-corrected chi connectivity index (χ0v) is 25.1. The minimum absolute atomic E-state index is 0.0685. The summed E-state index contributed by atoms with van der Waals surface area (Å²) in [6, 6.07) is 21.4. The van der Waals surface area contributed by atoms with E-state index in [2.05, 4.69) is 5.32 Å². The van der Waals surface area contributed by atoms with Crippen molar-refractivity contribution in [2.24, 2.45) is 0 Å². The lowest BCUT2D eigenvalue weighted by atomic mass is 10.1. The zero-order chi connectivity index (χ0) is 29.3. The maximum Gasteiger partial charge on any atom is 0.264 e. The van der Waals surface area contributed by atoms with E-state index in [1.54, 1.807) is 54.6 Å². The Morgan fingerprint density at radius 3 is 2.00 bits per heavy atom. The van der Waals surface area contributed by atoms with Gasteiger partial charge in [0.15, 0.2) is 0 Å². The average Bonchev–Trinajstić information content (AvgIpc) is 2.97. The molecule has 0 saturated carbocycles. The number of hydrogen-bond donors (Lipinski definition) is 1. The third kappa shape index (κ3) is 7.86. The van der Waals surface area contributed by atoms with Gasteiger partial charge in [0.05, 0.1) is 10.6 Å². The summed E-state index contributed by atoms with van der Waals surface area (Å²) in [5, 5.41) is 3.53. The number of carbonyl (C=O) groups is 2. The molecule has 0 aliphatic heterocycles. The lowest BCUT2D eigenvalue weighted by molar-refractivity contribution is -0.140. The van der Waals surface area contributed by atoms with Gasteiger partial charge in [0.25, 0.3) is 10.0 Å². The fraction of sp³-hybridized carbons (Fsp3) is 0.355. The highest BCUT2D eigenvalue weighted by atomic mass is 35.5. The first-order valence-electron chi connectivity index (χ1n) is 13.6. The lowest BCUT2D eigenvalue weighted by Crippen LogP contribution is -2.53. The maximum atomic E-state index is 14.1. The van der Waals surface area contributed by atoms with Gasteiger partial charge in [-0.05, 0) is 73.7 Å². The van der Waals surface area contributed by atoms with E-state index in [4.69, 9.17) is 11.6 Å². The van der Waals surface area contributed by atoms with E-state index in [1.165, 1.54) is 17.0 Å². The van der Waals surface area contributed by atoms with Crippen LogP contribution in [0.5, 0.6) is 0 Å². The van der Waals surface area contributed by atoms with Gasteiger partial charge in [-0.1, -0.05) is 74.8 Å². The van der Waals surface area contributed by atoms with Crippen LogP contribution in [0.3, 0.4) is 0 Å². The van der Waals surface area contributed by atoms with E-state index in [9.17, 15) is 18.0 Å². The Balaban J connectivity index is 2.04. The molecular weight excluding hydrogens is 546 g/mol. The molecule has 7 nitrogen and oxygen atoms in total. The Hall–Kier alpha value is -3.36. The second-order valence-electron chi connectivity index (χ2n) is 9.73. The monoisotopic (exact) mass is 583 g/mol. The Labute approximate surface area is 243 Å². The fourth-order valence-corrected chi connectivity index (χ4v) is 5.85. The topological polar surface area (TPSA) is 86.8 Å². The van der Waals surface area contributed by atoms with Crippen molar-refractivity contribution in [1.82, 2.24) is 10.2 Å². The van der Waals surface area contributed by atoms with Crippen LogP contribution >= 0.6 is 11.6 Å². The maximum absolute atomic E-state index is 14.1. The van der Waals surface area contributed by atoms with Crippen molar-refractivity contribution in [2.75, 3.05) is 10.8 Å². The Morgan fingerprint density at radius 2 is 1.45 bits per heavy atom. The molecule has 0 fully saturated rings. The van der Waals surface area contributed by atoms with Gasteiger partial charge in [-0.15, -0.1) is 0 Å². The van der Waals surface area contributed by atoms with Crippen molar-refractivity contribution in [1.29, 1.82) is 0 Å². The molecule has 214 valence electrons. The molecule has 0 aliphatic rings. The Kier molecular flexibility index (Phi) is 11.2. The standard InChI is InChI=1S/C31H38ClN3O4S/c1-5-23(4)33-31(37)29(7-3)34(21-25-13-17-26(32)18-14-25)30(36)22-35(27-19-15-24(6-2)16-20-27)40(38,39)28-11-9-8-10-12-28/h8-20,23,29H,5-7,21-22H2,1-4H3,(H,33,37). The predicted molar refractivity (Wildman–Crippen MR) is 161 cm³/mol. The molecule has 0 aliphatic carbocycles. The van der Waals surface area contributed by atoms with Crippen LogP contribution in [0, 0.1) is 0 Å². The van der Waals surface area contributed by atoms with Crippen LogP contribution in [-0.2, 0) is 32.6 Å². The largest absolute Gasteiger partial charge is 0.352 e. The molecule has 2 amide bonds. The first-order valence-corrected chi connectivity index (χ1v) is 15.4. The van der Waals surface area contributed by atoms with E-state index in [1.807, 2.05) is 39.8 Å². The second-order valence-corrected chi connectivity index (χ2v) is 12.0. The summed E-state index contributed by atoms with van der Waals surface area (Å²) in [7, 11) is -4.09. The number of halogens is 1. The number of hydrogen-bond acceptors (Lipinski definition) is 4. The van der Waals surface area contributed by atoms with E-state index in [-0.39, 0.29) is 23.4 Å². The molecule has 0 saturated heterocycles. The third-order valence-electron chi connectivity index (χ3n) is 6.90. The molecule has 0 aromatic heterocycles. The molecule has 3 aromatic rings. The number of aryl methyl sites for hydroxylation is 1. The summed E-state index contributed by atoms with van der Waals surface area (Å²) < 4.78 is 28.8. The van der Waals surface area contributed by atoms with Crippen molar-refractivity contribution >= 4 is 39.1 Å². The van der Waals surface area contributed by atoms with Crippen molar-refractivity contribution in [3.8, 4) is 0 Å². The number of amides is 2. The van der Waals surface area contributed by atoms with Crippen molar-refractivity contribution < 1.29 is 18.0 Å². The minimum atomic E-state index is -4.09. The fourth-order valence-electron chi connectivity index (χ4n) is 4.29. The summed E-state index contributed by atoms with van der Waals surface area (Å²) >= 11 is 6.07. The molecule has 1 N–H and O–H groups in total. The van der Waals surface area contributed by atoms with Gasteiger partial charge < -0.3 is 10.2 Å². The highest BCUT2D eigenvalue weighted by Gasteiger charge is 2.33. The SMILES string of the molecule is CCc1ccc(N(CC(=O)N(Cc2ccc(Cl)cc2)C(CC)C(=O)NC(C)CC)S(=O)(=O)c2ccccc2)cc1. The van der Waals surface area contributed by atoms with E-state index >= 15 is 0 Å². The highest BCUT2D eigenvalue weighted by Crippen LogP contribution is 2.25. The second kappa shape index (κ2) is 14.3. The van der Waals surface area contributed by atoms with Gasteiger partial charge in [-0.3, -0.25) is 13.9 Å². The molecule has 3 aromatic carbocycles. The molecule has 0 heterocycles. The Morgan fingerprint density at radius 1 is 0.850 bits per heavy atom. The number of anilines is 1. The Bertz CT molecular complexity index is 1360. The summed E-state index contributed by atoms with van der Waals surface area (Å²) in [5.74, 6) is -0.760. The van der Waals surface area contributed by atoms with Crippen molar-refractivity contribution in [2.45, 2.75) is 70.5 Å². The van der Waals surface area contributed by atoms with Gasteiger partial charge in [-0.25, -0.2) is 8.42 Å². The lowest BCUT2D eigenvalue weighted by Gasteiger charge is -2.33. The van der Waals surface area contributed by atoms with Gasteiger partial charge >= 0.3 is 0 Å². The molecule has 40 heavy (non-hydrogen) atoms. The number of nitrogens with one attached hydrogen (secondary N) is 1. The van der Waals surface area contributed by atoms with Crippen LogP contribution in [0.4, 0.5) is 5.69 Å². The third-order valence-corrected chi connectivity index (χ3v) is 8.94. The first kappa shape index (κ1) is 31.2. The number of nitrogens with zero attached hydrogens (tertiary/aromatic N) is 2. The van der Waals surface area contributed by atoms with Crippen LogP contribution in [0.1, 0.15) is 51.7 Å². The molecule has 0 radical (unpaired) electrons. The number of sulfonamides is 1. The molecule has 0 bridgehead atoms. The smallest absolute Gasteiger partial charge is 0.264 e. The average molecular weight is 584 g/mol. The quantitative estimate of drug-likeness (QED) is 0.275. The molecule has 3 rings (SSSR count). The van der Waals surface area contributed by atoms with Crippen LogP contribution in [0.15, 0.2) is 83.8 Å². The van der Waals surface area contributed by atoms with Gasteiger partial charge in [-0.2, -0.15) is 0 Å². The number of carbonyl (C=O) groups excluding carboxylic acids is 2. The normalized spacial score (nSPS) is 12.8. The van der Waals surface area contributed by atoms with E-state index < -0.39 is 28.5 Å². The van der Waals surface area contributed by atoms with Gasteiger partial charge in [0, 0.05) is 17.6 Å². The number of rotatable bonds is 13. The van der Waals surface area contributed by atoms with Crippen LogP contribution in [0.25, 0.3) is 0 Å². The first-order chi connectivity index (χ1) is 19.1.